The molecule has 2 aromatic rings. The third-order valence-electron chi connectivity index (χ3n) is 3.07. The Kier molecular flexibility index (Phi) is 4.92. The van der Waals surface area contributed by atoms with Crippen molar-refractivity contribution in [2.75, 3.05) is 16.9 Å². The number of fused-ring (bicyclic) bond motifs is 1. The molecule has 7 nitrogen and oxygen atoms in total. The van der Waals surface area contributed by atoms with Crippen LogP contribution in [0.25, 0.3) is 0 Å². The molecule has 1 amide bonds. The SMILES string of the molecule is O=C(O)N(c1ccccc1)[N+](=O)[O-].c1ccc2c(c1)CCN2. The standard InChI is InChI=1S/C8H9N.C7H6N2O4/c1-2-4-8-7(3-1)5-6-9-8;10-7(11)8(9(12)13)6-4-2-1-3-5-6/h1-4,9H,5-6H2;1-5H,(H,10,11). The number of hydrogen-bond donors (Lipinski definition) is 2. The Bertz CT molecular complexity index is 624. The Morgan fingerprint density at radius 3 is 2.36 bits per heavy atom. The molecule has 0 atom stereocenters. The molecule has 3 rings (SSSR count). The fraction of sp³-hybridized carbons (Fsp3) is 0.133. The Labute approximate surface area is 126 Å². The molecule has 0 saturated carbocycles. The van der Waals surface area contributed by atoms with E-state index in [2.05, 4.69) is 29.6 Å². The van der Waals surface area contributed by atoms with Gasteiger partial charge in [-0.1, -0.05) is 36.4 Å². The highest BCUT2D eigenvalue weighted by molar-refractivity contribution is 5.82. The van der Waals surface area contributed by atoms with Crippen LogP contribution in [0.3, 0.4) is 0 Å². The van der Waals surface area contributed by atoms with Gasteiger partial charge in [-0.2, -0.15) is 0 Å². The Balaban J connectivity index is 0.000000170. The molecule has 2 N–H and O–H groups in total. The summed E-state index contributed by atoms with van der Waals surface area (Å²) in [6.07, 6.45) is -0.424. The van der Waals surface area contributed by atoms with Crippen LogP contribution in [0, 0.1) is 10.1 Å². The molecule has 1 heterocycles. The van der Waals surface area contributed by atoms with Gasteiger partial charge in [0.1, 0.15) is 5.69 Å². The number of nitrogens with zero attached hydrogens (tertiary/aromatic N) is 2. The number of benzene rings is 2. The molecule has 114 valence electrons. The lowest BCUT2D eigenvalue weighted by Gasteiger charge is -2.06. The van der Waals surface area contributed by atoms with Crippen molar-refractivity contribution in [2.24, 2.45) is 0 Å². The number of carboxylic acid groups (broad SMARTS) is 1. The van der Waals surface area contributed by atoms with Crippen LogP contribution >= 0.6 is 0 Å². The van der Waals surface area contributed by atoms with Gasteiger partial charge >= 0.3 is 6.09 Å². The first-order chi connectivity index (χ1) is 10.6. The molecular weight excluding hydrogens is 286 g/mol. The minimum atomic E-state index is -1.61. The van der Waals surface area contributed by atoms with E-state index in [1.54, 1.807) is 6.07 Å². The highest BCUT2D eigenvalue weighted by atomic mass is 16.7. The van der Waals surface area contributed by atoms with Crippen LogP contribution in [0.2, 0.25) is 0 Å². The number of rotatable bonds is 2. The topological polar surface area (TPSA) is 95.7 Å². The summed E-state index contributed by atoms with van der Waals surface area (Å²) in [4.78, 5) is 20.7. The van der Waals surface area contributed by atoms with Crippen LogP contribution in [0.5, 0.6) is 0 Å². The summed E-state index contributed by atoms with van der Waals surface area (Å²) in [6, 6.07) is 15.8. The number of para-hydroxylation sites is 2. The van der Waals surface area contributed by atoms with Gasteiger partial charge in [0, 0.05) is 17.2 Å². The summed E-state index contributed by atoms with van der Waals surface area (Å²) in [5, 5.41) is 21.1. The average molecular weight is 301 g/mol. The molecule has 0 aliphatic carbocycles. The number of anilines is 2. The molecule has 1 aliphatic heterocycles. The number of amides is 1. The lowest BCUT2D eigenvalue weighted by molar-refractivity contribution is -0.483. The Hall–Kier alpha value is -3.09. The average Bonchev–Trinajstić information content (AvgIpc) is 2.96. The van der Waals surface area contributed by atoms with E-state index in [1.807, 2.05) is 0 Å². The van der Waals surface area contributed by atoms with Crippen LogP contribution in [-0.2, 0) is 6.42 Å². The quantitative estimate of drug-likeness (QED) is 0.656. The van der Waals surface area contributed by atoms with Crippen LogP contribution in [-0.4, -0.2) is 22.8 Å². The minimum Gasteiger partial charge on any atom is -0.461 e. The van der Waals surface area contributed by atoms with Gasteiger partial charge in [-0.3, -0.25) is 0 Å². The Morgan fingerprint density at radius 2 is 1.77 bits per heavy atom. The lowest BCUT2D eigenvalue weighted by Crippen LogP contribution is -2.34. The summed E-state index contributed by atoms with van der Waals surface area (Å²) in [5.74, 6) is 0. The van der Waals surface area contributed by atoms with Gasteiger partial charge in [0.2, 0.25) is 0 Å². The molecule has 1 aliphatic rings. The summed E-state index contributed by atoms with van der Waals surface area (Å²) in [5.41, 5.74) is 2.79. The van der Waals surface area contributed by atoms with E-state index in [4.69, 9.17) is 5.11 Å². The number of hydrogen-bond acceptors (Lipinski definition) is 4. The zero-order valence-electron chi connectivity index (χ0n) is 11.7. The molecule has 0 spiro atoms. The predicted molar refractivity (Wildman–Crippen MR) is 82.6 cm³/mol. The van der Waals surface area contributed by atoms with Crippen molar-refractivity contribution in [3.8, 4) is 0 Å². The maximum atomic E-state index is 10.4. The number of nitrogens with one attached hydrogen (secondary N) is 1. The first-order valence-electron chi connectivity index (χ1n) is 6.64. The van der Waals surface area contributed by atoms with Crippen molar-refractivity contribution in [1.29, 1.82) is 0 Å². The highest BCUT2D eigenvalue weighted by Gasteiger charge is 2.25. The molecule has 0 fully saturated rings. The van der Waals surface area contributed by atoms with Crippen LogP contribution < -0.4 is 10.3 Å². The summed E-state index contributed by atoms with van der Waals surface area (Å²) in [7, 11) is 0. The second-order valence-electron chi connectivity index (χ2n) is 4.50. The molecule has 22 heavy (non-hydrogen) atoms. The number of hydrazine groups is 1. The van der Waals surface area contributed by atoms with Crippen molar-refractivity contribution >= 4 is 17.5 Å². The van der Waals surface area contributed by atoms with Gasteiger partial charge in [0.25, 0.3) is 0 Å². The van der Waals surface area contributed by atoms with Gasteiger partial charge in [0.05, 0.1) is 0 Å². The monoisotopic (exact) mass is 301 g/mol. The van der Waals surface area contributed by atoms with Crippen molar-refractivity contribution in [3.05, 3.63) is 70.3 Å². The second-order valence-corrected chi connectivity index (χ2v) is 4.50. The summed E-state index contributed by atoms with van der Waals surface area (Å²) < 4.78 is 0. The molecule has 7 heteroatoms. The smallest absolute Gasteiger partial charge is 0.461 e. The first-order valence-corrected chi connectivity index (χ1v) is 6.64. The highest BCUT2D eigenvalue weighted by Crippen LogP contribution is 2.20. The van der Waals surface area contributed by atoms with Crippen molar-refractivity contribution in [3.63, 3.8) is 0 Å². The maximum Gasteiger partial charge on any atom is 0.470 e. The molecule has 0 saturated heterocycles. The van der Waals surface area contributed by atoms with Crippen LogP contribution in [0.4, 0.5) is 16.2 Å². The van der Waals surface area contributed by atoms with E-state index < -0.39 is 11.1 Å². The second kappa shape index (κ2) is 7.07. The van der Waals surface area contributed by atoms with Gasteiger partial charge in [-0.25, -0.2) is 14.9 Å². The molecular formula is C15H15N3O4. The van der Waals surface area contributed by atoms with E-state index in [9.17, 15) is 14.9 Å². The minimum absolute atomic E-state index is 0.0139. The van der Waals surface area contributed by atoms with Gasteiger partial charge in [-0.05, 0) is 30.2 Å². The first kappa shape index (κ1) is 15.3. The van der Waals surface area contributed by atoms with Gasteiger partial charge in [0.15, 0.2) is 5.03 Å². The third kappa shape index (κ3) is 3.72. The Morgan fingerprint density at radius 1 is 1.14 bits per heavy atom. The van der Waals surface area contributed by atoms with E-state index in [0.717, 1.165) is 6.54 Å². The molecule has 0 bridgehead atoms. The summed E-state index contributed by atoms with van der Waals surface area (Å²) >= 11 is 0. The van der Waals surface area contributed by atoms with E-state index in [-0.39, 0.29) is 10.7 Å². The lowest BCUT2D eigenvalue weighted by atomic mass is 10.2. The van der Waals surface area contributed by atoms with E-state index >= 15 is 0 Å². The van der Waals surface area contributed by atoms with Crippen LogP contribution in [0.1, 0.15) is 5.56 Å². The van der Waals surface area contributed by atoms with Crippen molar-refractivity contribution in [1.82, 2.24) is 0 Å². The maximum absolute atomic E-state index is 10.4. The molecule has 2 aromatic carbocycles. The van der Waals surface area contributed by atoms with E-state index in [1.165, 1.54) is 41.9 Å². The van der Waals surface area contributed by atoms with Crippen molar-refractivity contribution < 1.29 is 14.9 Å². The van der Waals surface area contributed by atoms with Crippen molar-refractivity contribution in [2.45, 2.75) is 6.42 Å². The van der Waals surface area contributed by atoms with Gasteiger partial charge < -0.3 is 10.4 Å². The fourth-order valence-electron chi connectivity index (χ4n) is 2.09. The van der Waals surface area contributed by atoms with Crippen LogP contribution in [0.15, 0.2) is 54.6 Å². The molecule has 0 unspecified atom stereocenters. The predicted octanol–water partition coefficient (Wildman–Crippen LogP) is 3.02. The zero-order chi connectivity index (χ0) is 15.9. The summed E-state index contributed by atoms with van der Waals surface area (Å²) in [6.45, 7) is 1.11. The normalized spacial score (nSPS) is 11.5. The number of carbonyl (C=O) groups is 1. The largest absolute Gasteiger partial charge is 0.470 e. The third-order valence-corrected chi connectivity index (χ3v) is 3.07. The zero-order valence-corrected chi connectivity index (χ0v) is 11.7. The molecule has 0 radical (unpaired) electrons. The fourth-order valence-corrected chi connectivity index (χ4v) is 2.09. The van der Waals surface area contributed by atoms with E-state index in [0.29, 0.717) is 0 Å². The number of nitro groups is 1. The molecule has 0 aromatic heterocycles. The van der Waals surface area contributed by atoms with Gasteiger partial charge in [-0.15, -0.1) is 0 Å².